The number of aliphatic hydroxyl groups is 1. The van der Waals surface area contributed by atoms with Gasteiger partial charge < -0.3 is 19.5 Å². The van der Waals surface area contributed by atoms with E-state index in [1.54, 1.807) is 48.1 Å². The summed E-state index contributed by atoms with van der Waals surface area (Å²) in [7, 11) is 1.73. The molecule has 1 atom stereocenters. The molecule has 0 radical (unpaired) electrons. The van der Waals surface area contributed by atoms with Crippen LogP contribution >= 0.6 is 34.8 Å². The molecule has 2 aromatic heterocycles. The van der Waals surface area contributed by atoms with Crippen molar-refractivity contribution in [2.75, 3.05) is 0 Å². The van der Waals surface area contributed by atoms with Crippen molar-refractivity contribution in [3.8, 4) is 17.0 Å². The van der Waals surface area contributed by atoms with Crippen LogP contribution in [0.15, 0.2) is 65.2 Å². The van der Waals surface area contributed by atoms with E-state index in [-0.39, 0.29) is 11.6 Å². The van der Waals surface area contributed by atoms with Crippen LogP contribution in [0.1, 0.15) is 71.2 Å². The summed E-state index contributed by atoms with van der Waals surface area (Å²) in [5, 5.41) is 30.1. The zero-order valence-electron chi connectivity index (χ0n) is 22.4. The van der Waals surface area contributed by atoms with Gasteiger partial charge in [-0.25, -0.2) is 4.79 Å². The second-order valence-corrected chi connectivity index (χ2v) is 11.6. The standard InChI is InChI=1S/C22H18Cl3NO3.C9H8N2O2/c23-15-2-1-3-16(24)18(15)20-19(21(29-26-20)12-6-7-12)22(27)28-13-8-9-14(11-4-5-11)17(25)10-13;1-11-7-5-3-2-4-6(7)8(10-11)9(12)13/h1-3,8-12,22,27H,4-7H2;2-5H,1H3,(H,12,13). The van der Waals surface area contributed by atoms with Gasteiger partial charge in [0.05, 0.1) is 21.1 Å². The molecule has 0 amide bonds. The number of hydrogen-bond acceptors (Lipinski definition) is 6. The number of aliphatic hydroxyl groups excluding tert-OH is 1. The maximum absolute atomic E-state index is 11.0. The first-order chi connectivity index (χ1) is 20.2. The minimum atomic E-state index is -1.29. The lowest BCUT2D eigenvalue weighted by Gasteiger charge is -2.16. The van der Waals surface area contributed by atoms with Crippen LogP contribution in [0.4, 0.5) is 0 Å². The van der Waals surface area contributed by atoms with Gasteiger partial charge in [0.15, 0.2) is 5.69 Å². The number of para-hydroxylation sites is 1. The molecule has 7 rings (SSSR count). The second-order valence-electron chi connectivity index (χ2n) is 10.4. The lowest BCUT2D eigenvalue weighted by Crippen LogP contribution is -2.09. The van der Waals surface area contributed by atoms with Crippen LogP contribution in [0.25, 0.3) is 22.2 Å². The van der Waals surface area contributed by atoms with Crippen molar-refractivity contribution in [3.05, 3.63) is 98.3 Å². The van der Waals surface area contributed by atoms with E-state index in [0.29, 0.717) is 54.7 Å². The first-order valence-electron chi connectivity index (χ1n) is 13.5. The third kappa shape index (κ3) is 5.72. The van der Waals surface area contributed by atoms with Crippen LogP contribution < -0.4 is 4.74 Å². The fourth-order valence-corrected chi connectivity index (χ4v) is 5.86. The van der Waals surface area contributed by atoms with E-state index in [4.69, 9.17) is 49.2 Å². The molecule has 0 bridgehead atoms. The number of carbonyl (C=O) groups is 1. The number of carboxylic acid groups (broad SMARTS) is 1. The number of halogens is 3. The van der Waals surface area contributed by atoms with E-state index in [0.717, 1.165) is 36.8 Å². The fraction of sp³-hybridized carbons (Fsp3) is 0.258. The first kappa shape index (κ1) is 28.6. The van der Waals surface area contributed by atoms with Crippen molar-refractivity contribution in [3.63, 3.8) is 0 Å². The Hall–Kier alpha value is -3.56. The normalized spacial score (nSPS) is 15.3. The molecule has 0 aliphatic heterocycles. The van der Waals surface area contributed by atoms with E-state index < -0.39 is 12.3 Å². The molecule has 2 heterocycles. The largest absolute Gasteiger partial charge is 0.476 e. The molecule has 2 aliphatic rings. The fourth-order valence-electron chi connectivity index (χ4n) is 4.96. The van der Waals surface area contributed by atoms with Crippen molar-refractivity contribution >= 4 is 51.7 Å². The van der Waals surface area contributed by atoms with Gasteiger partial charge in [0, 0.05) is 28.9 Å². The lowest BCUT2D eigenvalue weighted by atomic mass is 10.0. The number of benzene rings is 3. The van der Waals surface area contributed by atoms with E-state index in [9.17, 15) is 9.90 Å². The molecule has 42 heavy (non-hydrogen) atoms. The molecule has 216 valence electrons. The number of aromatic nitrogens is 3. The van der Waals surface area contributed by atoms with E-state index >= 15 is 0 Å². The highest BCUT2D eigenvalue weighted by Crippen LogP contribution is 2.48. The summed E-state index contributed by atoms with van der Waals surface area (Å²) in [5.41, 5.74) is 3.45. The van der Waals surface area contributed by atoms with Crippen LogP contribution in [-0.4, -0.2) is 31.1 Å². The first-order valence-corrected chi connectivity index (χ1v) is 14.6. The smallest absolute Gasteiger partial charge is 0.357 e. The van der Waals surface area contributed by atoms with E-state index in [2.05, 4.69) is 10.3 Å². The van der Waals surface area contributed by atoms with Crippen LogP contribution in [0.3, 0.4) is 0 Å². The summed E-state index contributed by atoms with van der Waals surface area (Å²) in [5.74, 6) is 0.855. The number of rotatable bonds is 7. The van der Waals surface area contributed by atoms with Crippen LogP contribution in [0.2, 0.25) is 15.1 Å². The molecule has 0 saturated heterocycles. The highest BCUT2D eigenvalue weighted by molar-refractivity contribution is 6.39. The summed E-state index contributed by atoms with van der Waals surface area (Å²) in [6, 6.07) is 18.0. The predicted molar refractivity (Wildman–Crippen MR) is 161 cm³/mol. The van der Waals surface area contributed by atoms with E-state index in [1.807, 2.05) is 24.3 Å². The Morgan fingerprint density at radius 3 is 2.31 bits per heavy atom. The van der Waals surface area contributed by atoms with Gasteiger partial charge in [-0.15, -0.1) is 0 Å². The molecule has 8 nitrogen and oxygen atoms in total. The minimum absolute atomic E-state index is 0.109. The molecule has 11 heteroatoms. The third-order valence-electron chi connectivity index (χ3n) is 7.35. The predicted octanol–water partition coefficient (Wildman–Crippen LogP) is 8.40. The Labute approximate surface area is 256 Å². The van der Waals surface area contributed by atoms with Crippen molar-refractivity contribution < 1.29 is 24.3 Å². The summed E-state index contributed by atoms with van der Waals surface area (Å²) in [4.78, 5) is 10.8. The maximum atomic E-state index is 11.0. The van der Waals surface area contributed by atoms with Crippen molar-refractivity contribution in [1.82, 2.24) is 14.9 Å². The monoisotopic (exact) mass is 625 g/mol. The summed E-state index contributed by atoms with van der Waals surface area (Å²) in [6.45, 7) is 0. The third-order valence-corrected chi connectivity index (χ3v) is 8.30. The lowest BCUT2D eigenvalue weighted by molar-refractivity contribution is -0.0203. The Kier molecular flexibility index (Phi) is 7.89. The average molecular weight is 627 g/mol. The number of aromatic carboxylic acids is 1. The highest BCUT2D eigenvalue weighted by Gasteiger charge is 2.37. The van der Waals surface area contributed by atoms with Gasteiger partial charge in [-0.1, -0.05) is 70.3 Å². The van der Waals surface area contributed by atoms with Crippen LogP contribution in [0.5, 0.6) is 5.75 Å². The maximum Gasteiger partial charge on any atom is 0.357 e. The van der Waals surface area contributed by atoms with Gasteiger partial charge in [-0.3, -0.25) is 4.68 Å². The molecular weight excluding hydrogens is 601 g/mol. The zero-order valence-corrected chi connectivity index (χ0v) is 24.7. The highest BCUT2D eigenvalue weighted by atomic mass is 35.5. The summed E-state index contributed by atoms with van der Waals surface area (Å²) in [6.07, 6.45) is 2.99. The average Bonchev–Trinajstić information content (AvgIpc) is 3.90. The second kappa shape index (κ2) is 11.6. The van der Waals surface area contributed by atoms with Gasteiger partial charge >= 0.3 is 5.97 Å². The van der Waals surface area contributed by atoms with Crippen molar-refractivity contribution in [2.45, 2.75) is 43.8 Å². The van der Waals surface area contributed by atoms with Gasteiger partial charge in [0.1, 0.15) is 17.2 Å². The van der Waals surface area contributed by atoms with Gasteiger partial charge in [0.2, 0.25) is 6.29 Å². The topological polar surface area (TPSA) is 111 Å². The van der Waals surface area contributed by atoms with Crippen LogP contribution in [-0.2, 0) is 7.05 Å². The number of aryl methyl sites for hydroxylation is 1. The summed E-state index contributed by atoms with van der Waals surface area (Å²) >= 11 is 19.2. The Balaban J connectivity index is 0.000000203. The molecule has 3 aromatic carbocycles. The number of carboxylic acids is 1. The number of fused-ring (bicyclic) bond motifs is 1. The molecular formula is C31H26Cl3N3O5. The van der Waals surface area contributed by atoms with Gasteiger partial charge in [-0.05, 0) is 67.5 Å². The number of nitrogens with zero attached hydrogens (tertiary/aromatic N) is 3. The number of ether oxygens (including phenoxy) is 1. The molecule has 0 spiro atoms. The molecule has 1 unspecified atom stereocenters. The quantitative estimate of drug-likeness (QED) is 0.175. The molecule has 2 saturated carbocycles. The minimum Gasteiger partial charge on any atom is -0.476 e. The Bertz CT molecular complexity index is 1770. The van der Waals surface area contributed by atoms with Crippen molar-refractivity contribution in [1.29, 1.82) is 0 Å². The van der Waals surface area contributed by atoms with E-state index in [1.165, 1.54) is 0 Å². The number of hydrogen-bond donors (Lipinski definition) is 2. The Morgan fingerprint density at radius 1 is 0.976 bits per heavy atom. The van der Waals surface area contributed by atoms with Gasteiger partial charge in [0.25, 0.3) is 0 Å². The molecule has 2 fully saturated rings. The molecule has 5 aromatic rings. The molecule has 2 aliphatic carbocycles. The van der Waals surface area contributed by atoms with Crippen molar-refractivity contribution in [2.24, 2.45) is 7.05 Å². The zero-order chi connectivity index (χ0) is 29.5. The van der Waals surface area contributed by atoms with Crippen LogP contribution in [0, 0.1) is 0 Å². The molecule has 2 N–H and O–H groups in total. The van der Waals surface area contributed by atoms with Gasteiger partial charge in [-0.2, -0.15) is 5.10 Å². The Morgan fingerprint density at radius 2 is 1.67 bits per heavy atom. The summed E-state index contributed by atoms with van der Waals surface area (Å²) < 4.78 is 13.0. The SMILES string of the molecule is Cn1nc(C(=O)O)c2ccccc21.OC(Oc1ccc(C2CC2)c(Cl)c1)c1c(-c2c(Cl)cccc2Cl)noc1C1CC1.